The summed E-state index contributed by atoms with van der Waals surface area (Å²) in [5.74, 6) is 1.08. The molecule has 0 saturated carbocycles. The number of nitrogens with one attached hydrogen (secondary N) is 1. The van der Waals surface area contributed by atoms with Crippen LogP contribution in [0.1, 0.15) is 5.56 Å². The third-order valence-corrected chi connectivity index (χ3v) is 4.67. The number of amides is 2. The molecule has 1 aliphatic rings. The third-order valence-electron chi connectivity index (χ3n) is 4.67. The molecule has 1 N–H and O–H groups in total. The van der Waals surface area contributed by atoms with Gasteiger partial charge in [0.05, 0.1) is 33.6 Å². The first-order valence-corrected chi connectivity index (χ1v) is 9.09. The number of nitrogens with zero attached hydrogens (tertiary/aromatic N) is 1. The van der Waals surface area contributed by atoms with Crippen LogP contribution in [0.5, 0.6) is 17.2 Å². The molecular weight excluding hydrogens is 376 g/mol. The quantitative estimate of drug-likeness (QED) is 0.766. The maximum Gasteiger partial charge on any atom is 0.249 e. The molecule has 1 aliphatic heterocycles. The van der Waals surface area contributed by atoms with Crippen molar-refractivity contribution in [1.29, 1.82) is 0 Å². The first-order valence-electron chi connectivity index (χ1n) is 9.09. The van der Waals surface area contributed by atoms with Crippen molar-refractivity contribution in [2.24, 2.45) is 0 Å². The minimum absolute atomic E-state index is 0.0638. The van der Waals surface area contributed by atoms with E-state index in [4.69, 9.17) is 18.9 Å². The molecule has 0 spiro atoms. The zero-order valence-corrected chi connectivity index (χ0v) is 16.6. The van der Waals surface area contributed by atoms with E-state index in [1.807, 2.05) is 12.1 Å². The highest BCUT2D eigenvalue weighted by Gasteiger charge is 2.34. The molecule has 1 atom stereocenters. The summed E-state index contributed by atoms with van der Waals surface area (Å²) in [6.45, 7) is 0.290. The van der Waals surface area contributed by atoms with Gasteiger partial charge in [-0.3, -0.25) is 9.59 Å². The van der Waals surface area contributed by atoms with Crippen LogP contribution >= 0.6 is 0 Å². The fourth-order valence-electron chi connectivity index (χ4n) is 3.16. The first-order chi connectivity index (χ1) is 14.1. The van der Waals surface area contributed by atoms with Crippen molar-refractivity contribution in [3.8, 4) is 17.2 Å². The van der Waals surface area contributed by atoms with Crippen LogP contribution < -0.4 is 19.5 Å². The molecule has 0 unspecified atom stereocenters. The van der Waals surface area contributed by atoms with Gasteiger partial charge in [0.15, 0.2) is 11.5 Å². The minimum atomic E-state index is -0.769. The maximum atomic E-state index is 12.9. The van der Waals surface area contributed by atoms with Crippen molar-refractivity contribution < 1.29 is 28.5 Å². The highest BCUT2D eigenvalue weighted by Crippen LogP contribution is 2.29. The Morgan fingerprint density at radius 2 is 1.79 bits per heavy atom. The van der Waals surface area contributed by atoms with Crippen LogP contribution in [-0.2, 0) is 20.9 Å². The van der Waals surface area contributed by atoms with Crippen molar-refractivity contribution >= 4 is 17.5 Å². The standard InChI is InChI=1S/C21H24N2O6/c1-26-17-7-5-4-6-15(17)22-21(25)16-12-29-13-20(24)23(16)11-14-8-9-18(27-2)19(10-14)28-3/h4-10,16H,11-13H2,1-3H3,(H,22,25)/t16-/m0/s1. The van der Waals surface area contributed by atoms with E-state index in [-0.39, 0.29) is 31.6 Å². The summed E-state index contributed by atoms with van der Waals surface area (Å²) < 4.78 is 21.2. The van der Waals surface area contributed by atoms with Gasteiger partial charge in [-0.2, -0.15) is 0 Å². The van der Waals surface area contributed by atoms with Crippen molar-refractivity contribution in [2.45, 2.75) is 12.6 Å². The molecule has 1 fully saturated rings. The van der Waals surface area contributed by atoms with Crippen LogP contribution in [0.25, 0.3) is 0 Å². The van der Waals surface area contributed by atoms with Crippen LogP contribution in [0.3, 0.4) is 0 Å². The van der Waals surface area contributed by atoms with Gasteiger partial charge >= 0.3 is 0 Å². The van der Waals surface area contributed by atoms with E-state index in [9.17, 15) is 9.59 Å². The number of methoxy groups -OCH3 is 3. The smallest absolute Gasteiger partial charge is 0.249 e. The lowest BCUT2D eigenvalue weighted by atomic mass is 10.1. The topological polar surface area (TPSA) is 86.3 Å². The van der Waals surface area contributed by atoms with Crippen LogP contribution in [-0.4, -0.2) is 57.3 Å². The summed E-state index contributed by atoms with van der Waals surface area (Å²) in [6, 6.07) is 11.7. The predicted molar refractivity (Wildman–Crippen MR) is 106 cm³/mol. The molecule has 0 bridgehead atoms. The summed E-state index contributed by atoms with van der Waals surface area (Å²) in [4.78, 5) is 26.9. The Morgan fingerprint density at radius 1 is 1.07 bits per heavy atom. The number of hydrogen-bond acceptors (Lipinski definition) is 6. The molecular formula is C21H24N2O6. The number of morpholine rings is 1. The van der Waals surface area contributed by atoms with Gasteiger partial charge in [-0.1, -0.05) is 18.2 Å². The number of para-hydroxylation sites is 2. The van der Waals surface area contributed by atoms with Crippen LogP contribution in [0.4, 0.5) is 5.69 Å². The molecule has 0 aromatic heterocycles. The molecule has 1 heterocycles. The Morgan fingerprint density at radius 3 is 2.52 bits per heavy atom. The molecule has 0 radical (unpaired) electrons. The first kappa shape index (κ1) is 20.5. The fourth-order valence-corrected chi connectivity index (χ4v) is 3.16. The Balaban J connectivity index is 1.80. The van der Waals surface area contributed by atoms with Gasteiger partial charge < -0.3 is 29.2 Å². The van der Waals surface area contributed by atoms with E-state index >= 15 is 0 Å². The van der Waals surface area contributed by atoms with Crippen LogP contribution in [0.2, 0.25) is 0 Å². The monoisotopic (exact) mass is 400 g/mol. The summed E-state index contributed by atoms with van der Waals surface area (Å²) >= 11 is 0. The van der Waals surface area contributed by atoms with E-state index < -0.39 is 6.04 Å². The Kier molecular flexibility index (Phi) is 6.56. The highest BCUT2D eigenvalue weighted by atomic mass is 16.5. The second kappa shape index (κ2) is 9.29. The van der Waals surface area contributed by atoms with Crippen molar-refractivity contribution in [2.75, 3.05) is 39.9 Å². The number of anilines is 1. The van der Waals surface area contributed by atoms with Crippen molar-refractivity contribution in [3.63, 3.8) is 0 Å². The van der Waals surface area contributed by atoms with Gasteiger partial charge in [0.25, 0.3) is 0 Å². The predicted octanol–water partition coefficient (Wildman–Crippen LogP) is 2.08. The molecule has 8 nitrogen and oxygen atoms in total. The highest BCUT2D eigenvalue weighted by molar-refractivity contribution is 5.98. The van der Waals surface area contributed by atoms with E-state index in [1.165, 1.54) is 12.0 Å². The van der Waals surface area contributed by atoms with E-state index in [0.29, 0.717) is 22.9 Å². The molecule has 0 aliphatic carbocycles. The third kappa shape index (κ3) is 4.60. The fraction of sp³-hybridized carbons (Fsp3) is 0.333. The SMILES string of the molecule is COc1ccccc1NC(=O)[C@@H]1COCC(=O)N1Cc1ccc(OC)c(OC)c1. The number of hydrogen-bond donors (Lipinski definition) is 1. The van der Waals surface area contributed by atoms with E-state index in [1.54, 1.807) is 44.6 Å². The van der Waals surface area contributed by atoms with E-state index in [0.717, 1.165) is 5.56 Å². The second-order valence-electron chi connectivity index (χ2n) is 6.43. The van der Waals surface area contributed by atoms with Crippen LogP contribution in [0, 0.1) is 0 Å². The van der Waals surface area contributed by atoms with Gasteiger partial charge in [0, 0.05) is 6.54 Å². The molecule has 8 heteroatoms. The number of rotatable bonds is 7. The molecule has 3 rings (SSSR count). The molecule has 2 aromatic rings. The summed E-state index contributed by atoms with van der Waals surface area (Å²) in [7, 11) is 4.63. The zero-order chi connectivity index (χ0) is 20.8. The van der Waals surface area contributed by atoms with Gasteiger partial charge in [-0.25, -0.2) is 0 Å². The molecule has 2 amide bonds. The molecule has 1 saturated heterocycles. The Hall–Kier alpha value is -3.26. The summed E-state index contributed by atoms with van der Waals surface area (Å²) in [6.07, 6.45) is 0. The summed E-state index contributed by atoms with van der Waals surface area (Å²) in [5.41, 5.74) is 1.34. The second-order valence-corrected chi connectivity index (χ2v) is 6.43. The van der Waals surface area contributed by atoms with Crippen molar-refractivity contribution in [1.82, 2.24) is 4.90 Å². The molecule has 154 valence electrons. The number of carbonyl (C=O) groups is 2. The normalized spacial score (nSPS) is 16.3. The Labute approximate surface area is 169 Å². The number of benzene rings is 2. The lowest BCUT2D eigenvalue weighted by molar-refractivity contribution is -0.154. The zero-order valence-electron chi connectivity index (χ0n) is 16.6. The average Bonchev–Trinajstić information content (AvgIpc) is 2.75. The molecule has 29 heavy (non-hydrogen) atoms. The Bertz CT molecular complexity index is 885. The van der Waals surface area contributed by atoms with Crippen molar-refractivity contribution in [3.05, 3.63) is 48.0 Å². The van der Waals surface area contributed by atoms with Gasteiger partial charge in [-0.15, -0.1) is 0 Å². The largest absolute Gasteiger partial charge is 0.495 e. The van der Waals surface area contributed by atoms with E-state index in [2.05, 4.69) is 5.32 Å². The summed E-state index contributed by atoms with van der Waals surface area (Å²) in [5, 5.41) is 2.83. The van der Waals surface area contributed by atoms with Gasteiger partial charge in [-0.05, 0) is 29.8 Å². The van der Waals surface area contributed by atoms with Gasteiger partial charge in [0.2, 0.25) is 11.8 Å². The van der Waals surface area contributed by atoms with Gasteiger partial charge in [0.1, 0.15) is 18.4 Å². The molecule has 2 aromatic carbocycles. The number of ether oxygens (including phenoxy) is 4. The van der Waals surface area contributed by atoms with Crippen LogP contribution in [0.15, 0.2) is 42.5 Å². The number of carbonyl (C=O) groups excluding carboxylic acids is 2. The lowest BCUT2D eigenvalue weighted by Crippen LogP contribution is -2.54. The average molecular weight is 400 g/mol. The minimum Gasteiger partial charge on any atom is -0.495 e. The maximum absolute atomic E-state index is 12.9. The lowest BCUT2D eigenvalue weighted by Gasteiger charge is -2.34.